The van der Waals surface area contributed by atoms with Crippen molar-refractivity contribution in [2.45, 2.75) is 13.5 Å². The van der Waals surface area contributed by atoms with E-state index in [2.05, 4.69) is 12.0 Å². The lowest BCUT2D eigenvalue weighted by atomic mass is 9.89. The van der Waals surface area contributed by atoms with E-state index in [9.17, 15) is 0 Å². The van der Waals surface area contributed by atoms with Gasteiger partial charge in [-0.1, -0.05) is 18.5 Å². The molecule has 1 aromatic rings. The van der Waals surface area contributed by atoms with E-state index in [-0.39, 0.29) is 5.41 Å². The number of anilines is 1. The lowest BCUT2D eigenvalue weighted by Crippen LogP contribution is -2.43. The minimum atomic E-state index is 0.170. The lowest BCUT2D eigenvalue weighted by Gasteiger charge is -2.37. The van der Waals surface area contributed by atoms with Crippen LogP contribution in [0.15, 0.2) is 6.07 Å². The van der Waals surface area contributed by atoms with Crippen molar-refractivity contribution in [3.8, 4) is 0 Å². The maximum absolute atomic E-state index is 5.71. The van der Waals surface area contributed by atoms with E-state index in [4.69, 9.17) is 22.1 Å². The second-order valence-corrected chi connectivity index (χ2v) is 4.24. The first kappa shape index (κ1) is 8.84. The van der Waals surface area contributed by atoms with E-state index in [1.54, 1.807) is 10.7 Å². The molecule has 0 radical (unpaired) electrons. The van der Waals surface area contributed by atoms with Crippen molar-refractivity contribution in [2.75, 3.05) is 18.9 Å². The molecule has 1 aliphatic heterocycles. The van der Waals surface area contributed by atoms with Gasteiger partial charge in [0, 0.05) is 11.5 Å². The normalized spacial score (nSPS) is 19.8. The van der Waals surface area contributed by atoms with Gasteiger partial charge in [-0.25, -0.2) is 4.68 Å². The zero-order valence-corrected chi connectivity index (χ0v) is 8.21. The first-order chi connectivity index (χ1) is 6.09. The fraction of sp³-hybridized carbons (Fsp3) is 0.625. The molecule has 2 rings (SSSR count). The van der Waals surface area contributed by atoms with Crippen LogP contribution in [0.1, 0.15) is 6.92 Å². The van der Waals surface area contributed by atoms with Crippen LogP contribution in [0.25, 0.3) is 0 Å². The number of ether oxygens (including phenoxy) is 1. The van der Waals surface area contributed by atoms with E-state index >= 15 is 0 Å². The molecule has 0 atom stereocenters. The van der Waals surface area contributed by atoms with Gasteiger partial charge in [-0.05, 0) is 0 Å². The second-order valence-electron chi connectivity index (χ2n) is 3.85. The summed E-state index contributed by atoms with van der Waals surface area (Å²) >= 11 is 5.71. The van der Waals surface area contributed by atoms with Gasteiger partial charge in [0.2, 0.25) is 0 Å². The number of halogens is 1. The monoisotopic (exact) mass is 201 g/mol. The van der Waals surface area contributed by atoms with Crippen molar-refractivity contribution in [1.82, 2.24) is 9.78 Å². The van der Waals surface area contributed by atoms with Crippen LogP contribution in [-0.2, 0) is 11.3 Å². The van der Waals surface area contributed by atoms with Crippen LogP contribution in [0, 0.1) is 5.41 Å². The quantitative estimate of drug-likeness (QED) is 0.781. The molecule has 1 aliphatic rings. The van der Waals surface area contributed by atoms with Crippen molar-refractivity contribution in [3.05, 3.63) is 11.2 Å². The highest BCUT2D eigenvalue weighted by atomic mass is 35.5. The Morgan fingerprint density at radius 2 is 2.46 bits per heavy atom. The molecule has 2 heterocycles. The SMILES string of the molecule is CC1(Cn2nc(Cl)cc2N)COC1. The lowest BCUT2D eigenvalue weighted by molar-refractivity contribution is -0.111. The summed E-state index contributed by atoms with van der Waals surface area (Å²) in [6, 6.07) is 1.66. The number of hydrogen-bond donors (Lipinski definition) is 1. The highest BCUT2D eigenvalue weighted by molar-refractivity contribution is 6.29. The maximum Gasteiger partial charge on any atom is 0.153 e. The van der Waals surface area contributed by atoms with Gasteiger partial charge in [0.1, 0.15) is 5.82 Å². The van der Waals surface area contributed by atoms with Crippen LogP contribution >= 0.6 is 11.6 Å². The van der Waals surface area contributed by atoms with Crippen LogP contribution in [0.2, 0.25) is 5.15 Å². The standard InChI is InChI=1S/C8H12ClN3O/c1-8(4-13-5-8)3-12-7(10)2-6(9)11-12/h2H,3-5,10H2,1H3. The molecule has 0 aromatic carbocycles. The van der Waals surface area contributed by atoms with Crippen molar-refractivity contribution in [2.24, 2.45) is 5.41 Å². The molecule has 0 bridgehead atoms. The first-order valence-corrected chi connectivity index (χ1v) is 4.53. The number of nitrogen functional groups attached to an aromatic ring is 1. The molecule has 0 unspecified atom stereocenters. The number of aromatic nitrogens is 2. The third-order valence-electron chi connectivity index (χ3n) is 2.21. The predicted molar refractivity (Wildman–Crippen MR) is 50.6 cm³/mol. The Bertz CT molecular complexity index is 319. The Labute approximate surface area is 81.6 Å². The summed E-state index contributed by atoms with van der Waals surface area (Å²) in [4.78, 5) is 0. The van der Waals surface area contributed by atoms with E-state index < -0.39 is 0 Å². The van der Waals surface area contributed by atoms with Crippen LogP contribution in [0.5, 0.6) is 0 Å². The van der Waals surface area contributed by atoms with E-state index in [1.165, 1.54) is 0 Å². The van der Waals surface area contributed by atoms with Crippen LogP contribution in [-0.4, -0.2) is 23.0 Å². The average molecular weight is 202 g/mol. The van der Waals surface area contributed by atoms with Crippen LogP contribution in [0.3, 0.4) is 0 Å². The summed E-state index contributed by atoms with van der Waals surface area (Å²) < 4.78 is 6.87. The highest BCUT2D eigenvalue weighted by Gasteiger charge is 2.34. The Morgan fingerprint density at radius 1 is 1.77 bits per heavy atom. The number of rotatable bonds is 2. The fourth-order valence-corrected chi connectivity index (χ4v) is 1.63. The largest absolute Gasteiger partial charge is 0.384 e. The summed E-state index contributed by atoms with van der Waals surface area (Å²) in [5, 5.41) is 4.52. The first-order valence-electron chi connectivity index (χ1n) is 4.16. The van der Waals surface area contributed by atoms with Gasteiger partial charge in [0.25, 0.3) is 0 Å². The van der Waals surface area contributed by atoms with Crippen molar-refractivity contribution >= 4 is 17.4 Å². The van der Waals surface area contributed by atoms with Gasteiger partial charge >= 0.3 is 0 Å². The molecule has 1 fully saturated rings. The van der Waals surface area contributed by atoms with E-state index in [0.717, 1.165) is 19.8 Å². The van der Waals surface area contributed by atoms with Crippen LogP contribution in [0.4, 0.5) is 5.82 Å². The van der Waals surface area contributed by atoms with Gasteiger partial charge in [-0.2, -0.15) is 5.10 Å². The molecule has 1 saturated heterocycles. The van der Waals surface area contributed by atoms with Gasteiger partial charge in [-0.15, -0.1) is 0 Å². The van der Waals surface area contributed by atoms with Gasteiger partial charge in [0.15, 0.2) is 5.15 Å². The predicted octanol–water partition coefficient (Wildman–Crippen LogP) is 1.16. The molecule has 4 nitrogen and oxygen atoms in total. The smallest absolute Gasteiger partial charge is 0.153 e. The van der Waals surface area contributed by atoms with Gasteiger partial charge < -0.3 is 10.5 Å². The summed E-state index contributed by atoms with van der Waals surface area (Å²) in [6.45, 7) is 4.45. The molecular formula is C8H12ClN3O. The van der Waals surface area contributed by atoms with E-state index in [1.807, 2.05) is 0 Å². The number of nitrogens with two attached hydrogens (primary N) is 1. The van der Waals surface area contributed by atoms with E-state index in [0.29, 0.717) is 11.0 Å². The third-order valence-corrected chi connectivity index (χ3v) is 2.40. The summed E-state index contributed by atoms with van der Waals surface area (Å²) in [6.07, 6.45) is 0. The van der Waals surface area contributed by atoms with Gasteiger partial charge in [-0.3, -0.25) is 0 Å². The number of nitrogens with zero attached hydrogens (tertiary/aromatic N) is 2. The highest BCUT2D eigenvalue weighted by Crippen LogP contribution is 2.29. The Hall–Kier alpha value is -0.740. The average Bonchev–Trinajstić information content (AvgIpc) is 2.27. The van der Waals surface area contributed by atoms with Crippen molar-refractivity contribution < 1.29 is 4.74 Å². The molecule has 72 valence electrons. The molecule has 0 aliphatic carbocycles. The molecule has 1 aromatic heterocycles. The Balaban J connectivity index is 2.12. The minimum absolute atomic E-state index is 0.170. The van der Waals surface area contributed by atoms with Crippen molar-refractivity contribution in [3.63, 3.8) is 0 Å². The topological polar surface area (TPSA) is 53.1 Å². The summed E-state index contributed by atoms with van der Waals surface area (Å²) in [5.74, 6) is 0.609. The van der Waals surface area contributed by atoms with Gasteiger partial charge in [0.05, 0.1) is 19.8 Å². The summed E-state index contributed by atoms with van der Waals surface area (Å²) in [5.41, 5.74) is 5.87. The minimum Gasteiger partial charge on any atom is -0.384 e. The Kier molecular flexibility index (Phi) is 1.96. The molecule has 0 amide bonds. The maximum atomic E-state index is 5.71. The van der Waals surface area contributed by atoms with Crippen LogP contribution < -0.4 is 5.73 Å². The molecule has 5 heteroatoms. The fourth-order valence-electron chi connectivity index (χ4n) is 1.43. The molecule has 0 spiro atoms. The number of hydrogen-bond acceptors (Lipinski definition) is 3. The molecule has 2 N–H and O–H groups in total. The zero-order valence-electron chi connectivity index (χ0n) is 7.46. The Morgan fingerprint density at radius 3 is 2.85 bits per heavy atom. The summed E-state index contributed by atoms with van der Waals surface area (Å²) in [7, 11) is 0. The molecule has 13 heavy (non-hydrogen) atoms. The third kappa shape index (κ3) is 1.64. The zero-order chi connectivity index (χ0) is 9.47. The second kappa shape index (κ2) is 2.89. The van der Waals surface area contributed by atoms with Crippen molar-refractivity contribution in [1.29, 1.82) is 0 Å². The molecular weight excluding hydrogens is 190 g/mol. The molecule has 0 saturated carbocycles.